The standard InChI is InChI=1S/C11H18N4OS/c1-7-6-8(2)14-11(13-7)17-9(3)4-5-10(16)15-12/h6,9H,4-5,12H2,1-3H3,(H,15,16). The number of amides is 1. The summed E-state index contributed by atoms with van der Waals surface area (Å²) in [5, 5.41) is 1.05. The lowest BCUT2D eigenvalue weighted by Gasteiger charge is -2.10. The summed E-state index contributed by atoms with van der Waals surface area (Å²) in [6, 6.07) is 1.94. The minimum atomic E-state index is -0.140. The van der Waals surface area contributed by atoms with E-state index in [1.54, 1.807) is 11.8 Å². The molecular formula is C11H18N4OS. The van der Waals surface area contributed by atoms with Crippen molar-refractivity contribution in [3.05, 3.63) is 17.5 Å². The number of aryl methyl sites for hydroxylation is 2. The second-order valence-electron chi connectivity index (χ2n) is 3.97. The van der Waals surface area contributed by atoms with E-state index in [9.17, 15) is 4.79 Å². The Morgan fingerprint density at radius 3 is 2.59 bits per heavy atom. The maximum Gasteiger partial charge on any atom is 0.233 e. The Hall–Kier alpha value is -1.14. The molecule has 1 aromatic heterocycles. The van der Waals surface area contributed by atoms with Gasteiger partial charge in [-0.05, 0) is 26.3 Å². The molecule has 94 valence electrons. The Morgan fingerprint density at radius 2 is 2.06 bits per heavy atom. The van der Waals surface area contributed by atoms with Crippen molar-refractivity contribution >= 4 is 17.7 Å². The fourth-order valence-corrected chi connectivity index (χ4v) is 2.38. The summed E-state index contributed by atoms with van der Waals surface area (Å²) in [6.07, 6.45) is 1.18. The van der Waals surface area contributed by atoms with E-state index in [2.05, 4.69) is 22.3 Å². The largest absolute Gasteiger partial charge is 0.294 e. The number of hydrogen-bond donors (Lipinski definition) is 2. The van der Waals surface area contributed by atoms with E-state index in [1.807, 2.05) is 19.9 Å². The van der Waals surface area contributed by atoms with Gasteiger partial charge in [0.05, 0.1) is 0 Å². The van der Waals surface area contributed by atoms with Crippen molar-refractivity contribution in [1.29, 1.82) is 0 Å². The number of thioether (sulfide) groups is 1. The van der Waals surface area contributed by atoms with Crippen LogP contribution in [0.1, 0.15) is 31.2 Å². The van der Waals surface area contributed by atoms with Crippen molar-refractivity contribution in [2.24, 2.45) is 5.84 Å². The summed E-state index contributed by atoms with van der Waals surface area (Å²) in [4.78, 5) is 19.7. The number of aromatic nitrogens is 2. The number of carbonyl (C=O) groups excluding carboxylic acids is 1. The quantitative estimate of drug-likeness (QED) is 0.272. The number of carbonyl (C=O) groups is 1. The Labute approximate surface area is 106 Å². The topological polar surface area (TPSA) is 80.9 Å². The maximum atomic E-state index is 11.0. The molecule has 1 rings (SSSR count). The highest BCUT2D eigenvalue weighted by molar-refractivity contribution is 7.99. The summed E-state index contributed by atoms with van der Waals surface area (Å²) in [6.45, 7) is 5.95. The molecule has 17 heavy (non-hydrogen) atoms. The van der Waals surface area contributed by atoms with Crippen molar-refractivity contribution in [3.63, 3.8) is 0 Å². The Morgan fingerprint density at radius 1 is 1.47 bits per heavy atom. The van der Waals surface area contributed by atoms with Gasteiger partial charge < -0.3 is 0 Å². The van der Waals surface area contributed by atoms with Gasteiger partial charge in [-0.2, -0.15) is 0 Å². The highest BCUT2D eigenvalue weighted by Crippen LogP contribution is 2.23. The van der Waals surface area contributed by atoms with Crippen LogP contribution in [0.4, 0.5) is 0 Å². The number of nitrogens with two attached hydrogens (primary N) is 1. The van der Waals surface area contributed by atoms with Crippen molar-refractivity contribution in [3.8, 4) is 0 Å². The van der Waals surface area contributed by atoms with Gasteiger partial charge in [-0.1, -0.05) is 18.7 Å². The first kappa shape index (κ1) is 13.9. The molecular weight excluding hydrogens is 236 g/mol. The lowest BCUT2D eigenvalue weighted by atomic mass is 10.2. The van der Waals surface area contributed by atoms with E-state index in [4.69, 9.17) is 5.84 Å². The van der Waals surface area contributed by atoms with E-state index in [0.717, 1.165) is 23.0 Å². The third-order valence-electron chi connectivity index (χ3n) is 2.21. The maximum absolute atomic E-state index is 11.0. The van der Waals surface area contributed by atoms with Gasteiger partial charge in [-0.3, -0.25) is 10.2 Å². The fourth-order valence-electron chi connectivity index (χ4n) is 1.39. The molecule has 1 amide bonds. The fraction of sp³-hybridized carbons (Fsp3) is 0.545. The van der Waals surface area contributed by atoms with Crippen LogP contribution < -0.4 is 11.3 Å². The molecule has 0 bridgehead atoms. The highest BCUT2D eigenvalue weighted by Gasteiger charge is 2.09. The van der Waals surface area contributed by atoms with Crippen molar-refractivity contribution in [2.75, 3.05) is 0 Å². The zero-order valence-electron chi connectivity index (χ0n) is 10.4. The zero-order valence-corrected chi connectivity index (χ0v) is 11.2. The first-order valence-electron chi connectivity index (χ1n) is 5.49. The van der Waals surface area contributed by atoms with Crippen molar-refractivity contribution in [2.45, 2.75) is 44.0 Å². The van der Waals surface area contributed by atoms with Gasteiger partial charge in [0.25, 0.3) is 0 Å². The Balaban J connectivity index is 2.50. The normalized spacial score (nSPS) is 12.2. The van der Waals surface area contributed by atoms with Crippen LogP contribution in [0.2, 0.25) is 0 Å². The van der Waals surface area contributed by atoms with Crippen LogP contribution >= 0.6 is 11.8 Å². The lowest BCUT2D eigenvalue weighted by molar-refractivity contribution is -0.121. The summed E-state index contributed by atoms with van der Waals surface area (Å²) in [5.74, 6) is 4.88. The van der Waals surface area contributed by atoms with Crippen LogP contribution in [-0.4, -0.2) is 21.1 Å². The molecule has 1 heterocycles. The molecule has 1 unspecified atom stereocenters. The molecule has 5 nitrogen and oxygen atoms in total. The number of nitrogens with zero attached hydrogens (tertiary/aromatic N) is 2. The summed E-state index contributed by atoms with van der Waals surface area (Å²) < 4.78 is 0. The average molecular weight is 254 g/mol. The molecule has 0 saturated heterocycles. The van der Waals surface area contributed by atoms with Gasteiger partial charge in [-0.15, -0.1) is 0 Å². The summed E-state index contributed by atoms with van der Waals surface area (Å²) in [7, 11) is 0. The Kier molecular flexibility index (Phi) is 5.37. The molecule has 0 spiro atoms. The predicted molar refractivity (Wildman–Crippen MR) is 68.4 cm³/mol. The second-order valence-corrected chi connectivity index (χ2v) is 5.37. The monoisotopic (exact) mass is 254 g/mol. The highest BCUT2D eigenvalue weighted by atomic mass is 32.2. The molecule has 0 saturated carbocycles. The van der Waals surface area contributed by atoms with E-state index in [0.29, 0.717) is 6.42 Å². The number of nitrogens with one attached hydrogen (secondary N) is 1. The van der Waals surface area contributed by atoms with E-state index < -0.39 is 0 Å². The van der Waals surface area contributed by atoms with E-state index >= 15 is 0 Å². The van der Waals surface area contributed by atoms with Crippen LogP contribution in [0.3, 0.4) is 0 Å². The van der Waals surface area contributed by atoms with Gasteiger partial charge in [0.1, 0.15) is 0 Å². The first-order chi connectivity index (χ1) is 8.01. The molecule has 0 aromatic carbocycles. The lowest BCUT2D eigenvalue weighted by Crippen LogP contribution is -2.30. The van der Waals surface area contributed by atoms with Gasteiger partial charge in [0.2, 0.25) is 5.91 Å². The third kappa shape index (κ3) is 5.14. The van der Waals surface area contributed by atoms with E-state index in [1.165, 1.54) is 0 Å². The molecule has 1 aromatic rings. The zero-order chi connectivity index (χ0) is 12.8. The number of hydrogen-bond acceptors (Lipinski definition) is 5. The van der Waals surface area contributed by atoms with Gasteiger partial charge in [-0.25, -0.2) is 15.8 Å². The van der Waals surface area contributed by atoms with Crippen LogP contribution in [0.15, 0.2) is 11.2 Å². The molecule has 3 N–H and O–H groups in total. The van der Waals surface area contributed by atoms with Crippen molar-refractivity contribution in [1.82, 2.24) is 15.4 Å². The molecule has 0 aliphatic carbocycles. The van der Waals surface area contributed by atoms with Crippen LogP contribution in [-0.2, 0) is 4.79 Å². The number of rotatable bonds is 5. The molecule has 0 aliphatic rings. The SMILES string of the molecule is Cc1cc(C)nc(SC(C)CCC(=O)NN)n1. The Bertz CT molecular complexity index is 377. The number of hydrazine groups is 1. The molecule has 0 aliphatic heterocycles. The van der Waals surface area contributed by atoms with Crippen molar-refractivity contribution < 1.29 is 4.79 Å². The van der Waals surface area contributed by atoms with E-state index in [-0.39, 0.29) is 11.2 Å². The van der Waals surface area contributed by atoms with Crippen LogP contribution in [0.25, 0.3) is 0 Å². The summed E-state index contributed by atoms with van der Waals surface area (Å²) >= 11 is 1.58. The minimum absolute atomic E-state index is 0.140. The minimum Gasteiger partial charge on any atom is -0.294 e. The van der Waals surface area contributed by atoms with Crippen LogP contribution in [0.5, 0.6) is 0 Å². The van der Waals surface area contributed by atoms with Gasteiger partial charge in [0.15, 0.2) is 5.16 Å². The molecule has 0 fully saturated rings. The summed E-state index contributed by atoms with van der Waals surface area (Å²) in [5.41, 5.74) is 4.05. The molecule has 1 atom stereocenters. The van der Waals surface area contributed by atoms with Crippen LogP contribution in [0, 0.1) is 13.8 Å². The first-order valence-corrected chi connectivity index (χ1v) is 6.37. The average Bonchev–Trinajstić information content (AvgIpc) is 2.24. The van der Waals surface area contributed by atoms with Gasteiger partial charge in [0, 0.05) is 23.1 Å². The van der Waals surface area contributed by atoms with Gasteiger partial charge >= 0.3 is 0 Å². The second kappa shape index (κ2) is 6.56. The smallest absolute Gasteiger partial charge is 0.233 e. The molecule has 0 radical (unpaired) electrons. The third-order valence-corrected chi connectivity index (χ3v) is 3.24. The molecule has 6 heteroatoms. The predicted octanol–water partition coefficient (Wildman–Crippen LogP) is 1.34.